The first-order valence-corrected chi connectivity index (χ1v) is 16.8. The maximum atomic E-state index is 11.6. The number of rotatable bonds is 15. The van der Waals surface area contributed by atoms with Gasteiger partial charge in [-0.05, 0) is 23.1 Å². The second-order valence-electron chi connectivity index (χ2n) is 12.2. The van der Waals surface area contributed by atoms with Gasteiger partial charge in [-0.25, -0.2) is 4.98 Å². The van der Waals surface area contributed by atoms with Gasteiger partial charge in [-0.2, -0.15) is 9.97 Å². The van der Waals surface area contributed by atoms with E-state index in [2.05, 4.69) is 50.1 Å². The Labute approximate surface area is 293 Å². The predicted molar refractivity (Wildman–Crippen MR) is 187 cm³/mol. The highest BCUT2D eigenvalue weighted by atomic mass is 16.6. The number of aliphatic hydroxyl groups is 2. The van der Waals surface area contributed by atoms with Crippen LogP contribution >= 0.6 is 0 Å². The van der Waals surface area contributed by atoms with Gasteiger partial charge < -0.3 is 34.7 Å². The average molecular weight is 691 g/mol. The van der Waals surface area contributed by atoms with Gasteiger partial charge in [0, 0.05) is 18.9 Å². The minimum absolute atomic E-state index is 0.0268. The highest BCUT2D eigenvalue weighted by Gasteiger charge is 2.50. The quantitative estimate of drug-likeness (QED) is 0.113. The third-order valence-corrected chi connectivity index (χ3v) is 8.91. The molecule has 14 nitrogen and oxygen atoms in total. The molecule has 51 heavy (non-hydrogen) atoms. The SMILES string of the molecule is CCc1nnc([C@H]2O[C@@H](n3cnc4c(NCC(c5ccccc5)c5ccccc5)nc(N[C@H](CO)Cc5ccccc5)nc43)[C@H](OC=O)[C@@H]2O)o1. The van der Waals surface area contributed by atoms with Crippen molar-refractivity contribution in [1.82, 2.24) is 29.7 Å². The number of aliphatic hydroxyl groups excluding tert-OH is 2. The number of benzene rings is 3. The van der Waals surface area contributed by atoms with Crippen LogP contribution in [-0.4, -0.2) is 77.8 Å². The van der Waals surface area contributed by atoms with E-state index in [0.717, 1.165) is 16.7 Å². The number of nitrogens with zero attached hydrogens (tertiary/aromatic N) is 6. The maximum Gasteiger partial charge on any atom is 0.293 e. The largest absolute Gasteiger partial charge is 0.457 e. The van der Waals surface area contributed by atoms with Gasteiger partial charge in [-0.3, -0.25) is 9.36 Å². The van der Waals surface area contributed by atoms with E-state index in [1.165, 1.54) is 6.33 Å². The number of anilines is 2. The average Bonchev–Trinajstić information content (AvgIpc) is 3.90. The molecule has 6 aromatic rings. The molecule has 1 fully saturated rings. The Morgan fingerprint density at radius 3 is 2.27 bits per heavy atom. The number of aromatic nitrogens is 6. The lowest BCUT2D eigenvalue weighted by molar-refractivity contribution is -0.142. The smallest absolute Gasteiger partial charge is 0.293 e. The van der Waals surface area contributed by atoms with Gasteiger partial charge in [0.15, 0.2) is 35.4 Å². The maximum absolute atomic E-state index is 11.6. The summed E-state index contributed by atoms with van der Waals surface area (Å²) in [6, 6.07) is 29.8. The highest BCUT2D eigenvalue weighted by molar-refractivity contribution is 5.84. The number of carbonyl (C=O) groups excluding carboxylic acids is 1. The molecule has 7 rings (SSSR count). The van der Waals surface area contributed by atoms with E-state index in [4.69, 9.17) is 23.9 Å². The van der Waals surface area contributed by atoms with Crippen LogP contribution in [0.5, 0.6) is 0 Å². The fourth-order valence-electron chi connectivity index (χ4n) is 6.34. The number of nitrogens with one attached hydrogen (secondary N) is 2. The fourth-order valence-corrected chi connectivity index (χ4v) is 6.34. The molecule has 0 amide bonds. The molecule has 4 heterocycles. The zero-order valence-electron chi connectivity index (χ0n) is 27.8. The van der Waals surface area contributed by atoms with Gasteiger partial charge in [0.25, 0.3) is 6.47 Å². The van der Waals surface area contributed by atoms with E-state index in [1.807, 2.05) is 73.7 Å². The Balaban J connectivity index is 1.27. The van der Waals surface area contributed by atoms with Crippen LogP contribution in [-0.2, 0) is 27.1 Å². The number of ether oxygens (including phenoxy) is 2. The Kier molecular flexibility index (Phi) is 10.2. The van der Waals surface area contributed by atoms with Gasteiger partial charge >= 0.3 is 0 Å². The van der Waals surface area contributed by atoms with Gasteiger partial charge in [-0.1, -0.05) is 97.9 Å². The molecular formula is C37H38N8O6. The molecule has 3 aromatic heterocycles. The summed E-state index contributed by atoms with van der Waals surface area (Å²) in [5.41, 5.74) is 4.02. The first kappa shape index (κ1) is 33.8. The van der Waals surface area contributed by atoms with Crippen LogP contribution < -0.4 is 10.6 Å². The van der Waals surface area contributed by atoms with Gasteiger partial charge in [0.05, 0.1) is 19.0 Å². The third kappa shape index (κ3) is 7.29. The van der Waals surface area contributed by atoms with Crippen molar-refractivity contribution in [1.29, 1.82) is 0 Å². The van der Waals surface area contributed by atoms with Crippen LogP contribution in [0.1, 0.15) is 53.6 Å². The first-order chi connectivity index (χ1) is 25.1. The van der Waals surface area contributed by atoms with Gasteiger partial charge in [0.1, 0.15) is 6.10 Å². The van der Waals surface area contributed by atoms with Crippen LogP contribution in [0.25, 0.3) is 11.2 Å². The monoisotopic (exact) mass is 690 g/mol. The molecular weight excluding hydrogens is 652 g/mol. The van der Waals surface area contributed by atoms with Crippen molar-refractivity contribution in [2.24, 2.45) is 0 Å². The summed E-state index contributed by atoms with van der Waals surface area (Å²) >= 11 is 0. The van der Waals surface area contributed by atoms with E-state index in [0.29, 0.717) is 42.3 Å². The van der Waals surface area contributed by atoms with Crippen LogP contribution in [0.4, 0.5) is 11.8 Å². The molecule has 1 saturated heterocycles. The summed E-state index contributed by atoms with van der Waals surface area (Å²) in [6.45, 7) is 2.41. The number of carbonyl (C=O) groups is 1. The van der Waals surface area contributed by atoms with Crippen LogP contribution in [0.15, 0.2) is 102 Å². The molecule has 1 aliphatic heterocycles. The Hall–Kier alpha value is -5.70. The van der Waals surface area contributed by atoms with Crippen LogP contribution in [0, 0.1) is 0 Å². The Morgan fingerprint density at radius 1 is 0.961 bits per heavy atom. The van der Waals surface area contributed by atoms with Crippen molar-refractivity contribution in [3.63, 3.8) is 0 Å². The van der Waals surface area contributed by atoms with Crippen LogP contribution in [0.2, 0.25) is 0 Å². The van der Waals surface area contributed by atoms with E-state index in [-0.39, 0.29) is 30.8 Å². The predicted octanol–water partition coefficient (Wildman–Crippen LogP) is 4.20. The number of imidazole rings is 1. The molecule has 14 heteroatoms. The summed E-state index contributed by atoms with van der Waals surface area (Å²) < 4.78 is 18.9. The minimum Gasteiger partial charge on any atom is -0.457 e. The lowest BCUT2D eigenvalue weighted by Crippen LogP contribution is -2.32. The lowest BCUT2D eigenvalue weighted by Gasteiger charge is -2.22. The summed E-state index contributed by atoms with van der Waals surface area (Å²) in [6.07, 6.45) is -2.12. The van der Waals surface area contributed by atoms with Crippen molar-refractivity contribution in [2.45, 2.75) is 56.3 Å². The molecule has 0 bridgehead atoms. The molecule has 262 valence electrons. The topological polar surface area (TPSA) is 183 Å². The Morgan fingerprint density at radius 2 is 1.65 bits per heavy atom. The van der Waals surface area contributed by atoms with Crippen LogP contribution in [0.3, 0.4) is 0 Å². The van der Waals surface area contributed by atoms with Gasteiger partial charge in [-0.15, -0.1) is 10.2 Å². The third-order valence-electron chi connectivity index (χ3n) is 8.91. The minimum atomic E-state index is -1.33. The first-order valence-electron chi connectivity index (χ1n) is 16.8. The van der Waals surface area contributed by atoms with Crippen molar-refractivity contribution >= 4 is 29.4 Å². The Bertz CT molecular complexity index is 1990. The second kappa shape index (κ2) is 15.5. The van der Waals surface area contributed by atoms with Crippen molar-refractivity contribution < 1.29 is 28.9 Å². The molecule has 0 unspecified atom stereocenters. The summed E-state index contributed by atoms with van der Waals surface area (Å²) in [5.74, 6) is 1.07. The van der Waals surface area contributed by atoms with Crippen molar-refractivity contribution in [3.05, 3.63) is 126 Å². The number of fused-ring (bicyclic) bond motifs is 1. The summed E-state index contributed by atoms with van der Waals surface area (Å²) in [7, 11) is 0. The van der Waals surface area contributed by atoms with E-state index in [1.54, 1.807) is 4.57 Å². The zero-order valence-corrected chi connectivity index (χ0v) is 27.8. The van der Waals surface area contributed by atoms with Gasteiger partial charge in [0.2, 0.25) is 17.7 Å². The molecule has 0 radical (unpaired) electrons. The standard InChI is InChI=1S/C37H38N8O6/c1-2-28-43-44-35(50-28)31-30(48)32(49-22-47)36(51-31)45-21-39-29-33(38-19-27(24-14-8-4-9-15-24)25-16-10-5-11-17-25)41-37(42-34(29)45)40-26(20-46)18-23-12-6-3-7-13-23/h3-17,21-22,26-27,30-32,36,46,48H,2,18-20H2,1H3,(H2,38,40,41,42)/t26-,30+,31-,32+,36+/m0/s1. The molecule has 1 aliphatic rings. The normalized spacial score (nSPS) is 19.3. The fraction of sp³-hybridized carbons (Fsp3) is 0.297. The number of hydrogen-bond donors (Lipinski definition) is 4. The molecule has 5 atom stereocenters. The second-order valence-corrected chi connectivity index (χ2v) is 12.2. The highest BCUT2D eigenvalue weighted by Crippen LogP contribution is 2.41. The molecule has 0 aliphatic carbocycles. The number of hydrogen-bond acceptors (Lipinski definition) is 13. The summed E-state index contributed by atoms with van der Waals surface area (Å²) in [5, 5.41) is 36.5. The summed E-state index contributed by atoms with van der Waals surface area (Å²) in [4.78, 5) is 26.0. The molecule has 0 saturated carbocycles. The van der Waals surface area contributed by atoms with Crippen molar-refractivity contribution in [3.8, 4) is 0 Å². The number of aryl methyl sites for hydroxylation is 1. The van der Waals surface area contributed by atoms with E-state index in [9.17, 15) is 15.0 Å². The zero-order chi connectivity index (χ0) is 35.2. The molecule has 3 aromatic carbocycles. The van der Waals surface area contributed by atoms with E-state index >= 15 is 0 Å². The van der Waals surface area contributed by atoms with Crippen molar-refractivity contribution in [2.75, 3.05) is 23.8 Å². The molecule has 4 N–H and O–H groups in total. The van der Waals surface area contributed by atoms with E-state index < -0.39 is 30.6 Å². The molecule has 0 spiro atoms. The lowest BCUT2D eigenvalue weighted by atomic mass is 9.91.